The van der Waals surface area contributed by atoms with Gasteiger partial charge in [0.1, 0.15) is 0 Å². The molecule has 0 aromatic carbocycles. The number of piperazine rings is 1. The first-order valence-electron chi connectivity index (χ1n) is 4.36. The van der Waals surface area contributed by atoms with Crippen LogP contribution in [0.15, 0.2) is 0 Å². The normalized spacial score (nSPS) is 40.5. The predicted molar refractivity (Wildman–Crippen MR) is 42.1 cm³/mol. The fourth-order valence-corrected chi connectivity index (χ4v) is 2.18. The first-order valence-corrected chi connectivity index (χ1v) is 4.36. The third-order valence-electron chi connectivity index (χ3n) is 2.87. The highest BCUT2D eigenvalue weighted by atomic mass is 15.3. The van der Waals surface area contributed by atoms with Crippen LogP contribution in [0.1, 0.15) is 13.3 Å². The van der Waals surface area contributed by atoms with Gasteiger partial charge >= 0.3 is 0 Å². The highest BCUT2D eigenvalue weighted by Gasteiger charge is 2.30. The Balaban J connectivity index is 2.00. The first-order chi connectivity index (χ1) is 4.90. The van der Waals surface area contributed by atoms with Crippen molar-refractivity contribution >= 4 is 0 Å². The van der Waals surface area contributed by atoms with Crippen molar-refractivity contribution in [2.24, 2.45) is 0 Å². The molecule has 2 heterocycles. The topological polar surface area (TPSA) is 6.48 Å². The number of fused-ring (bicyclic) bond motifs is 2. The average molecular weight is 140 g/mol. The zero-order valence-corrected chi connectivity index (χ0v) is 6.71. The van der Waals surface area contributed by atoms with Gasteiger partial charge in [-0.3, -0.25) is 4.90 Å². The van der Waals surface area contributed by atoms with E-state index in [9.17, 15) is 0 Å². The molecule has 2 bridgehead atoms. The Bertz CT molecular complexity index is 124. The van der Waals surface area contributed by atoms with Gasteiger partial charge in [-0.25, -0.2) is 0 Å². The van der Waals surface area contributed by atoms with E-state index in [0.717, 1.165) is 6.04 Å². The molecule has 2 aliphatic heterocycles. The van der Waals surface area contributed by atoms with Gasteiger partial charge in [-0.1, -0.05) is 6.92 Å². The van der Waals surface area contributed by atoms with Crippen molar-refractivity contribution in [1.82, 2.24) is 9.80 Å². The summed E-state index contributed by atoms with van der Waals surface area (Å²) in [6, 6.07) is 0.902. The van der Waals surface area contributed by atoms with Crippen LogP contribution in [0, 0.1) is 0 Å². The molecule has 0 N–H and O–H groups in total. The van der Waals surface area contributed by atoms with Crippen LogP contribution < -0.4 is 0 Å². The molecule has 0 amide bonds. The second-order valence-corrected chi connectivity index (χ2v) is 3.37. The Kier molecular flexibility index (Phi) is 1.66. The smallest absolute Gasteiger partial charge is 0.0235 e. The Morgan fingerprint density at radius 1 is 1.30 bits per heavy atom. The van der Waals surface area contributed by atoms with Crippen molar-refractivity contribution < 1.29 is 0 Å². The van der Waals surface area contributed by atoms with E-state index < -0.39 is 0 Å². The summed E-state index contributed by atoms with van der Waals surface area (Å²) in [6.07, 6.45) is 1.41. The van der Waals surface area contributed by atoms with Crippen molar-refractivity contribution in [1.29, 1.82) is 0 Å². The molecule has 2 fully saturated rings. The van der Waals surface area contributed by atoms with E-state index in [1.165, 1.54) is 39.1 Å². The lowest BCUT2D eigenvalue weighted by Crippen LogP contribution is -2.46. The molecule has 2 atom stereocenters. The number of hydrogen-bond donors (Lipinski definition) is 0. The van der Waals surface area contributed by atoms with Crippen LogP contribution in [0.3, 0.4) is 0 Å². The molecule has 0 aliphatic carbocycles. The van der Waals surface area contributed by atoms with Gasteiger partial charge in [0, 0.05) is 25.7 Å². The molecule has 2 aliphatic rings. The maximum atomic E-state index is 2.61. The van der Waals surface area contributed by atoms with Gasteiger partial charge in [-0.15, -0.1) is 0 Å². The number of likely N-dealkylation sites (N-methyl/N-ethyl adjacent to an activating group) is 1. The SMILES string of the molecule is CCN1CCN2CCC1C2. The molecular formula is C8H16N2. The van der Waals surface area contributed by atoms with Crippen molar-refractivity contribution in [3.05, 3.63) is 0 Å². The summed E-state index contributed by atoms with van der Waals surface area (Å²) in [5.74, 6) is 0. The van der Waals surface area contributed by atoms with Gasteiger partial charge < -0.3 is 4.90 Å². The van der Waals surface area contributed by atoms with Gasteiger partial charge in [-0.2, -0.15) is 0 Å². The monoisotopic (exact) mass is 140 g/mol. The van der Waals surface area contributed by atoms with Gasteiger partial charge in [0.2, 0.25) is 0 Å². The predicted octanol–water partition coefficient (Wildman–Crippen LogP) is 0.396. The summed E-state index contributed by atoms with van der Waals surface area (Å²) >= 11 is 0. The Morgan fingerprint density at radius 2 is 2.20 bits per heavy atom. The van der Waals surface area contributed by atoms with Gasteiger partial charge in [0.25, 0.3) is 0 Å². The van der Waals surface area contributed by atoms with E-state index in [-0.39, 0.29) is 0 Å². The highest BCUT2D eigenvalue weighted by Crippen LogP contribution is 2.19. The molecule has 0 spiro atoms. The minimum Gasteiger partial charge on any atom is -0.300 e. The van der Waals surface area contributed by atoms with E-state index in [1.54, 1.807) is 0 Å². The van der Waals surface area contributed by atoms with Crippen molar-refractivity contribution in [3.8, 4) is 0 Å². The summed E-state index contributed by atoms with van der Waals surface area (Å²) in [5.41, 5.74) is 0. The maximum absolute atomic E-state index is 2.61. The van der Waals surface area contributed by atoms with Crippen molar-refractivity contribution in [2.45, 2.75) is 19.4 Å². The number of rotatable bonds is 1. The van der Waals surface area contributed by atoms with E-state index >= 15 is 0 Å². The zero-order chi connectivity index (χ0) is 6.97. The number of hydrogen-bond acceptors (Lipinski definition) is 2. The number of nitrogens with zero attached hydrogens (tertiary/aromatic N) is 2. The van der Waals surface area contributed by atoms with E-state index in [4.69, 9.17) is 0 Å². The molecule has 2 heteroatoms. The second kappa shape index (κ2) is 2.51. The highest BCUT2D eigenvalue weighted by molar-refractivity contribution is 4.87. The minimum atomic E-state index is 0.902. The van der Waals surface area contributed by atoms with E-state index in [2.05, 4.69) is 16.7 Å². The molecule has 2 nitrogen and oxygen atoms in total. The summed E-state index contributed by atoms with van der Waals surface area (Å²) in [7, 11) is 0. The zero-order valence-electron chi connectivity index (χ0n) is 6.71. The Morgan fingerprint density at radius 3 is 3.00 bits per heavy atom. The standard InChI is InChI=1S/C8H16N2/c1-2-10-6-5-9-4-3-8(10)7-9/h8H,2-7H2,1H3. The van der Waals surface area contributed by atoms with Crippen LogP contribution in [-0.2, 0) is 0 Å². The molecular weight excluding hydrogens is 124 g/mol. The molecule has 2 unspecified atom stereocenters. The van der Waals surface area contributed by atoms with Crippen LogP contribution in [-0.4, -0.2) is 48.6 Å². The lowest BCUT2D eigenvalue weighted by atomic mass is 10.2. The van der Waals surface area contributed by atoms with Gasteiger partial charge in [0.05, 0.1) is 0 Å². The molecule has 2 rings (SSSR count). The molecule has 0 aromatic heterocycles. The van der Waals surface area contributed by atoms with Crippen molar-refractivity contribution in [3.63, 3.8) is 0 Å². The third kappa shape index (κ3) is 0.956. The Labute approximate surface area is 62.8 Å². The van der Waals surface area contributed by atoms with Crippen LogP contribution in [0.5, 0.6) is 0 Å². The Hall–Kier alpha value is -0.0800. The van der Waals surface area contributed by atoms with Crippen molar-refractivity contribution in [2.75, 3.05) is 32.7 Å². The minimum absolute atomic E-state index is 0.902. The van der Waals surface area contributed by atoms with Gasteiger partial charge in [-0.05, 0) is 19.5 Å². The summed E-state index contributed by atoms with van der Waals surface area (Å²) in [6.45, 7) is 8.83. The lowest BCUT2D eigenvalue weighted by Gasteiger charge is -2.33. The van der Waals surface area contributed by atoms with E-state index in [1.807, 2.05) is 0 Å². The van der Waals surface area contributed by atoms with E-state index in [0.29, 0.717) is 0 Å². The molecule has 58 valence electrons. The molecule has 0 saturated carbocycles. The van der Waals surface area contributed by atoms with Crippen LogP contribution in [0.2, 0.25) is 0 Å². The molecule has 10 heavy (non-hydrogen) atoms. The summed E-state index contributed by atoms with van der Waals surface area (Å²) in [4.78, 5) is 5.19. The fourth-order valence-electron chi connectivity index (χ4n) is 2.18. The second-order valence-electron chi connectivity index (χ2n) is 3.37. The fraction of sp³-hybridized carbons (Fsp3) is 1.00. The average Bonchev–Trinajstić information content (AvgIpc) is 2.34. The molecule has 2 saturated heterocycles. The largest absolute Gasteiger partial charge is 0.300 e. The third-order valence-corrected chi connectivity index (χ3v) is 2.87. The summed E-state index contributed by atoms with van der Waals surface area (Å²) in [5, 5.41) is 0. The summed E-state index contributed by atoms with van der Waals surface area (Å²) < 4.78 is 0. The van der Waals surface area contributed by atoms with Crippen LogP contribution in [0.4, 0.5) is 0 Å². The van der Waals surface area contributed by atoms with Crippen LogP contribution >= 0.6 is 0 Å². The lowest BCUT2D eigenvalue weighted by molar-refractivity contribution is 0.142. The quantitative estimate of drug-likeness (QED) is 0.520. The van der Waals surface area contributed by atoms with Gasteiger partial charge in [0.15, 0.2) is 0 Å². The molecule has 0 radical (unpaired) electrons. The maximum Gasteiger partial charge on any atom is 0.0235 e. The first kappa shape index (κ1) is 6.62. The molecule has 0 aromatic rings. The van der Waals surface area contributed by atoms with Crippen LogP contribution in [0.25, 0.3) is 0 Å².